The number of rotatable bonds is 9. The van der Waals surface area contributed by atoms with Crippen molar-refractivity contribution in [1.82, 2.24) is 0 Å². The molecule has 25 heavy (non-hydrogen) atoms. The van der Waals surface area contributed by atoms with Gasteiger partial charge in [-0.2, -0.15) is 0 Å². The Labute approximate surface area is 150 Å². The van der Waals surface area contributed by atoms with Crippen LogP contribution in [0.5, 0.6) is 5.75 Å². The molecule has 2 aromatic carbocycles. The number of hydrogen-bond donors (Lipinski definition) is 2. The van der Waals surface area contributed by atoms with Crippen LogP contribution in [-0.2, 0) is 17.6 Å². The molecule has 0 unspecified atom stereocenters. The number of aryl methyl sites for hydroxylation is 2. The molecule has 2 rings (SSSR count). The highest BCUT2D eigenvalue weighted by molar-refractivity contribution is 5.92. The summed E-state index contributed by atoms with van der Waals surface area (Å²) in [6.45, 7) is 7.35. The van der Waals surface area contributed by atoms with Crippen LogP contribution in [0, 0.1) is 0 Å². The Balaban J connectivity index is 1.94. The summed E-state index contributed by atoms with van der Waals surface area (Å²) in [4.78, 5) is 12.4. The minimum Gasteiger partial charge on any atom is -0.492 e. The normalized spacial score (nSPS) is 10.4. The molecule has 4 heteroatoms. The van der Waals surface area contributed by atoms with Crippen molar-refractivity contribution in [3.05, 3.63) is 53.6 Å². The lowest BCUT2D eigenvalue weighted by atomic mass is 10.0. The fraction of sp³-hybridized carbons (Fsp3) is 0.381. The zero-order valence-corrected chi connectivity index (χ0v) is 15.4. The Bertz CT molecular complexity index is 676. The van der Waals surface area contributed by atoms with E-state index < -0.39 is 0 Å². The predicted molar refractivity (Wildman–Crippen MR) is 105 cm³/mol. The van der Waals surface area contributed by atoms with Gasteiger partial charge in [0.15, 0.2) is 0 Å². The quantitative estimate of drug-likeness (QED) is 0.698. The van der Waals surface area contributed by atoms with Crippen molar-refractivity contribution < 1.29 is 9.53 Å². The van der Waals surface area contributed by atoms with Gasteiger partial charge in [-0.25, -0.2) is 0 Å². The van der Waals surface area contributed by atoms with Crippen LogP contribution in [0.1, 0.15) is 38.3 Å². The van der Waals surface area contributed by atoms with Crippen LogP contribution in [-0.4, -0.2) is 19.1 Å². The van der Waals surface area contributed by atoms with E-state index in [9.17, 15) is 4.79 Å². The Morgan fingerprint density at radius 1 is 0.960 bits per heavy atom. The van der Waals surface area contributed by atoms with Gasteiger partial charge in [0.05, 0.1) is 12.3 Å². The van der Waals surface area contributed by atoms with Crippen molar-refractivity contribution in [2.24, 2.45) is 0 Å². The summed E-state index contributed by atoms with van der Waals surface area (Å²) in [6.07, 6.45) is 2.22. The van der Waals surface area contributed by atoms with Gasteiger partial charge in [0, 0.05) is 18.7 Å². The molecule has 0 aliphatic heterocycles. The van der Waals surface area contributed by atoms with E-state index in [1.54, 1.807) is 0 Å². The second kappa shape index (κ2) is 9.72. The molecule has 0 radical (unpaired) electrons. The SMILES string of the molecule is CCOc1ccccc1NCCC(=O)Nc1c(CC)cccc1CC. The van der Waals surface area contributed by atoms with Crippen LogP contribution in [0.25, 0.3) is 0 Å². The van der Waals surface area contributed by atoms with Gasteiger partial charge in [-0.15, -0.1) is 0 Å². The maximum absolute atomic E-state index is 12.4. The number of para-hydroxylation sites is 3. The van der Waals surface area contributed by atoms with E-state index in [-0.39, 0.29) is 5.91 Å². The summed E-state index contributed by atoms with van der Waals surface area (Å²) >= 11 is 0. The van der Waals surface area contributed by atoms with Gasteiger partial charge in [0.25, 0.3) is 0 Å². The standard InChI is InChI=1S/C21H28N2O2/c1-4-16-10-9-11-17(5-2)21(16)23-20(24)14-15-22-18-12-7-8-13-19(18)25-6-3/h7-13,22H,4-6,14-15H2,1-3H3,(H,23,24). The minimum atomic E-state index is 0.0250. The molecule has 2 aromatic rings. The highest BCUT2D eigenvalue weighted by Gasteiger charge is 2.10. The zero-order chi connectivity index (χ0) is 18.1. The van der Waals surface area contributed by atoms with E-state index in [1.165, 1.54) is 11.1 Å². The van der Waals surface area contributed by atoms with Crippen LogP contribution >= 0.6 is 0 Å². The number of amides is 1. The van der Waals surface area contributed by atoms with Crippen LogP contribution in [0.15, 0.2) is 42.5 Å². The Morgan fingerprint density at radius 2 is 1.64 bits per heavy atom. The lowest BCUT2D eigenvalue weighted by Gasteiger charge is -2.15. The second-order valence-corrected chi connectivity index (χ2v) is 5.81. The predicted octanol–water partition coefficient (Wildman–Crippen LogP) is 4.65. The van der Waals surface area contributed by atoms with E-state index in [1.807, 2.05) is 31.2 Å². The second-order valence-electron chi connectivity index (χ2n) is 5.81. The molecule has 0 saturated carbocycles. The summed E-state index contributed by atoms with van der Waals surface area (Å²) in [5, 5.41) is 6.38. The third kappa shape index (κ3) is 5.24. The van der Waals surface area contributed by atoms with Crippen molar-refractivity contribution in [3.63, 3.8) is 0 Å². The highest BCUT2D eigenvalue weighted by Crippen LogP contribution is 2.24. The molecule has 0 aromatic heterocycles. The van der Waals surface area contributed by atoms with E-state index in [0.29, 0.717) is 19.6 Å². The van der Waals surface area contributed by atoms with Gasteiger partial charge in [0.2, 0.25) is 5.91 Å². The number of nitrogens with one attached hydrogen (secondary N) is 2. The molecule has 2 N–H and O–H groups in total. The first-order valence-electron chi connectivity index (χ1n) is 9.05. The van der Waals surface area contributed by atoms with Gasteiger partial charge < -0.3 is 15.4 Å². The first kappa shape index (κ1) is 18.8. The van der Waals surface area contributed by atoms with Gasteiger partial charge in [-0.3, -0.25) is 4.79 Å². The van der Waals surface area contributed by atoms with Crippen LogP contribution < -0.4 is 15.4 Å². The molecule has 0 aliphatic rings. The molecule has 134 valence electrons. The average molecular weight is 340 g/mol. The summed E-state index contributed by atoms with van der Waals surface area (Å²) < 4.78 is 5.59. The van der Waals surface area contributed by atoms with E-state index in [0.717, 1.165) is 30.0 Å². The number of hydrogen-bond acceptors (Lipinski definition) is 3. The molecular weight excluding hydrogens is 312 g/mol. The number of carbonyl (C=O) groups is 1. The summed E-state index contributed by atoms with van der Waals surface area (Å²) in [7, 11) is 0. The van der Waals surface area contributed by atoms with Crippen LogP contribution in [0.2, 0.25) is 0 Å². The molecule has 0 heterocycles. The number of benzene rings is 2. The first-order valence-corrected chi connectivity index (χ1v) is 9.05. The van der Waals surface area contributed by atoms with Gasteiger partial charge in [-0.05, 0) is 43.0 Å². The lowest BCUT2D eigenvalue weighted by Crippen LogP contribution is -2.18. The van der Waals surface area contributed by atoms with Gasteiger partial charge in [-0.1, -0.05) is 44.2 Å². The van der Waals surface area contributed by atoms with Crippen molar-refractivity contribution in [2.75, 3.05) is 23.8 Å². The van der Waals surface area contributed by atoms with Crippen molar-refractivity contribution in [3.8, 4) is 5.75 Å². The molecule has 0 saturated heterocycles. The maximum Gasteiger partial charge on any atom is 0.226 e. The van der Waals surface area contributed by atoms with E-state index in [4.69, 9.17) is 4.74 Å². The molecule has 0 aliphatic carbocycles. The van der Waals surface area contributed by atoms with Crippen LogP contribution in [0.4, 0.5) is 11.4 Å². The highest BCUT2D eigenvalue weighted by atomic mass is 16.5. The molecule has 1 amide bonds. The molecule has 0 fully saturated rings. The minimum absolute atomic E-state index is 0.0250. The Morgan fingerprint density at radius 3 is 2.28 bits per heavy atom. The lowest BCUT2D eigenvalue weighted by molar-refractivity contribution is -0.116. The third-order valence-electron chi connectivity index (χ3n) is 4.12. The summed E-state index contributed by atoms with van der Waals surface area (Å²) in [5.41, 5.74) is 4.26. The Hall–Kier alpha value is -2.49. The summed E-state index contributed by atoms with van der Waals surface area (Å²) in [5.74, 6) is 0.840. The molecule has 0 spiro atoms. The first-order chi connectivity index (χ1) is 12.2. The van der Waals surface area contributed by atoms with Crippen molar-refractivity contribution in [2.45, 2.75) is 40.0 Å². The van der Waals surface area contributed by atoms with Crippen molar-refractivity contribution >= 4 is 17.3 Å². The van der Waals surface area contributed by atoms with Gasteiger partial charge in [0.1, 0.15) is 5.75 Å². The number of ether oxygens (including phenoxy) is 1. The van der Waals surface area contributed by atoms with Crippen molar-refractivity contribution in [1.29, 1.82) is 0 Å². The monoisotopic (exact) mass is 340 g/mol. The third-order valence-corrected chi connectivity index (χ3v) is 4.12. The van der Waals surface area contributed by atoms with Gasteiger partial charge >= 0.3 is 0 Å². The molecule has 4 nitrogen and oxygen atoms in total. The fourth-order valence-electron chi connectivity index (χ4n) is 2.81. The maximum atomic E-state index is 12.4. The van der Waals surface area contributed by atoms with E-state index >= 15 is 0 Å². The summed E-state index contributed by atoms with van der Waals surface area (Å²) in [6, 6.07) is 14.0. The topological polar surface area (TPSA) is 50.4 Å². The molecular formula is C21H28N2O2. The molecule has 0 atom stereocenters. The largest absolute Gasteiger partial charge is 0.492 e. The fourth-order valence-corrected chi connectivity index (χ4v) is 2.81. The van der Waals surface area contributed by atoms with E-state index in [2.05, 4.69) is 42.7 Å². The average Bonchev–Trinajstić information content (AvgIpc) is 2.63. The Kier molecular flexibility index (Phi) is 7.33. The number of carbonyl (C=O) groups excluding carboxylic acids is 1. The molecule has 0 bridgehead atoms. The zero-order valence-electron chi connectivity index (χ0n) is 15.4. The van der Waals surface area contributed by atoms with Crippen LogP contribution in [0.3, 0.4) is 0 Å². The number of anilines is 2. The smallest absolute Gasteiger partial charge is 0.226 e.